The average Bonchev–Trinajstić information content (AvgIpc) is 2.97. The monoisotopic (exact) mass is 334 g/mol. The van der Waals surface area contributed by atoms with Crippen LogP contribution in [-0.2, 0) is 13.0 Å². The molecule has 124 valence electrons. The maximum atomic E-state index is 10.6. The van der Waals surface area contributed by atoms with Crippen LogP contribution in [0, 0.1) is 6.92 Å². The van der Waals surface area contributed by atoms with Crippen LogP contribution in [0.4, 0.5) is 0 Å². The van der Waals surface area contributed by atoms with Crippen molar-refractivity contribution >= 4 is 11.3 Å². The van der Waals surface area contributed by atoms with Gasteiger partial charge in [0, 0.05) is 42.6 Å². The Morgan fingerprint density at radius 3 is 2.70 bits per heavy atom. The van der Waals surface area contributed by atoms with Crippen LogP contribution in [0.5, 0.6) is 11.5 Å². The molecule has 0 radical (unpaired) electrons. The number of thiazole rings is 1. The zero-order valence-electron chi connectivity index (χ0n) is 13.7. The summed E-state index contributed by atoms with van der Waals surface area (Å²) in [7, 11) is 3.29. The number of ether oxygens (including phenoxy) is 2. The Kier molecular flexibility index (Phi) is 4.84. The van der Waals surface area contributed by atoms with E-state index in [1.807, 2.05) is 19.1 Å². The van der Waals surface area contributed by atoms with Gasteiger partial charge in [0.2, 0.25) is 0 Å². The Labute approximate surface area is 140 Å². The van der Waals surface area contributed by atoms with Gasteiger partial charge in [-0.25, -0.2) is 4.98 Å². The van der Waals surface area contributed by atoms with Crippen LogP contribution in [-0.4, -0.2) is 42.3 Å². The molecule has 0 aliphatic carbocycles. The van der Waals surface area contributed by atoms with Crippen molar-refractivity contribution in [3.8, 4) is 11.5 Å². The minimum Gasteiger partial charge on any atom is -0.496 e. The lowest BCUT2D eigenvalue weighted by Crippen LogP contribution is -2.35. The first-order chi connectivity index (χ1) is 11.1. The predicted molar refractivity (Wildman–Crippen MR) is 90.3 cm³/mol. The summed E-state index contributed by atoms with van der Waals surface area (Å²) in [5.74, 6) is 1.53. The third-order valence-corrected chi connectivity index (χ3v) is 5.03. The molecule has 0 saturated carbocycles. The van der Waals surface area contributed by atoms with Crippen LogP contribution in [0.3, 0.4) is 0 Å². The molecule has 0 spiro atoms. The molecule has 5 nitrogen and oxygen atoms in total. The molecular formula is C17H22N2O3S. The molecule has 1 aromatic heterocycles. The van der Waals surface area contributed by atoms with Gasteiger partial charge >= 0.3 is 0 Å². The number of aliphatic hydroxyl groups excluding tert-OH is 1. The Bertz CT molecular complexity index is 686. The number of aryl methyl sites for hydroxylation is 1. The van der Waals surface area contributed by atoms with Gasteiger partial charge in [-0.05, 0) is 19.1 Å². The zero-order valence-corrected chi connectivity index (χ0v) is 14.5. The first-order valence-electron chi connectivity index (χ1n) is 7.67. The lowest BCUT2D eigenvalue weighted by molar-refractivity contribution is 0.0890. The zero-order chi connectivity index (χ0) is 16.4. The summed E-state index contributed by atoms with van der Waals surface area (Å²) >= 11 is 1.68. The van der Waals surface area contributed by atoms with E-state index in [2.05, 4.69) is 15.3 Å². The molecule has 0 unspecified atom stereocenters. The number of benzene rings is 1. The Hall–Kier alpha value is -1.63. The van der Waals surface area contributed by atoms with Gasteiger partial charge < -0.3 is 14.6 Å². The minimum atomic E-state index is -0.569. The van der Waals surface area contributed by atoms with Crippen molar-refractivity contribution < 1.29 is 14.6 Å². The summed E-state index contributed by atoms with van der Waals surface area (Å²) in [6, 6.07) is 3.76. The van der Waals surface area contributed by atoms with Gasteiger partial charge in [-0.3, -0.25) is 4.90 Å². The first-order valence-corrected chi connectivity index (χ1v) is 8.55. The number of fused-ring (bicyclic) bond motifs is 1. The molecule has 2 heterocycles. The smallest absolute Gasteiger partial charge is 0.125 e. The quantitative estimate of drug-likeness (QED) is 0.911. The van der Waals surface area contributed by atoms with Crippen LogP contribution >= 0.6 is 11.3 Å². The van der Waals surface area contributed by atoms with Gasteiger partial charge in [-0.15, -0.1) is 11.3 Å². The van der Waals surface area contributed by atoms with Gasteiger partial charge in [0.25, 0.3) is 0 Å². The fourth-order valence-electron chi connectivity index (χ4n) is 3.11. The van der Waals surface area contributed by atoms with E-state index in [0.29, 0.717) is 6.54 Å². The normalized spacial score (nSPS) is 17.8. The van der Waals surface area contributed by atoms with Crippen LogP contribution in [0.15, 0.2) is 17.5 Å². The molecule has 1 atom stereocenters. The maximum absolute atomic E-state index is 10.6. The summed E-state index contributed by atoms with van der Waals surface area (Å²) in [4.78, 5) is 6.74. The molecule has 2 aromatic rings. The van der Waals surface area contributed by atoms with Gasteiger partial charge in [0.15, 0.2) is 0 Å². The van der Waals surface area contributed by atoms with E-state index in [4.69, 9.17) is 9.47 Å². The number of β-amino-alcohol motifs (C(OH)–C–C–N with tert-alkyl or cyclic N) is 1. The molecule has 6 heteroatoms. The highest BCUT2D eigenvalue weighted by Gasteiger charge is 2.29. The highest BCUT2D eigenvalue weighted by atomic mass is 32.1. The summed E-state index contributed by atoms with van der Waals surface area (Å²) in [6.45, 7) is 4.22. The fourth-order valence-corrected chi connectivity index (χ4v) is 3.76. The SMILES string of the molecule is COc1ccc(OC)c2c1CN(CCc1csc(C)n1)C[C@@H]2O. The molecule has 0 amide bonds. The predicted octanol–water partition coefficient (Wildman–Crippen LogP) is 2.56. The second-order valence-corrected chi connectivity index (χ2v) is 6.78. The largest absolute Gasteiger partial charge is 0.496 e. The lowest BCUT2D eigenvalue weighted by Gasteiger charge is -2.33. The van der Waals surface area contributed by atoms with Crippen molar-refractivity contribution in [3.05, 3.63) is 39.3 Å². The molecule has 1 aliphatic rings. The van der Waals surface area contributed by atoms with E-state index in [0.717, 1.165) is 52.8 Å². The molecule has 1 aliphatic heterocycles. The van der Waals surface area contributed by atoms with E-state index in [1.165, 1.54) is 0 Å². The van der Waals surface area contributed by atoms with E-state index in [1.54, 1.807) is 25.6 Å². The number of rotatable bonds is 5. The molecule has 0 bridgehead atoms. The molecule has 1 N–H and O–H groups in total. The molecule has 23 heavy (non-hydrogen) atoms. The summed E-state index contributed by atoms with van der Waals surface area (Å²) in [6.07, 6.45) is 0.319. The molecule has 0 saturated heterocycles. The van der Waals surface area contributed by atoms with E-state index in [9.17, 15) is 5.11 Å². The number of hydrogen-bond donors (Lipinski definition) is 1. The minimum absolute atomic E-state index is 0.569. The number of hydrogen-bond acceptors (Lipinski definition) is 6. The van der Waals surface area contributed by atoms with E-state index >= 15 is 0 Å². The number of nitrogens with zero attached hydrogens (tertiary/aromatic N) is 2. The van der Waals surface area contributed by atoms with E-state index < -0.39 is 6.10 Å². The highest BCUT2D eigenvalue weighted by Crippen LogP contribution is 2.39. The van der Waals surface area contributed by atoms with Gasteiger partial charge in [-0.1, -0.05) is 0 Å². The Morgan fingerprint density at radius 2 is 2.04 bits per heavy atom. The fraction of sp³-hybridized carbons (Fsp3) is 0.471. The molecular weight excluding hydrogens is 312 g/mol. The second-order valence-electron chi connectivity index (χ2n) is 5.72. The number of methoxy groups -OCH3 is 2. The Morgan fingerprint density at radius 1 is 1.30 bits per heavy atom. The standard InChI is InChI=1S/C17H22N2O3S/c1-11-18-12(10-23-11)6-7-19-8-13-15(21-2)4-5-16(22-3)17(13)14(20)9-19/h4-5,10,14,20H,6-9H2,1-3H3/t14-/m0/s1. The maximum Gasteiger partial charge on any atom is 0.125 e. The van der Waals surface area contributed by atoms with Crippen molar-refractivity contribution in [2.75, 3.05) is 27.3 Å². The highest BCUT2D eigenvalue weighted by molar-refractivity contribution is 7.09. The van der Waals surface area contributed by atoms with Gasteiger partial charge in [0.1, 0.15) is 11.5 Å². The van der Waals surface area contributed by atoms with Crippen molar-refractivity contribution in [2.24, 2.45) is 0 Å². The number of aliphatic hydroxyl groups is 1. The molecule has 0 fully saturated rings. The number of aromatic nitrogens is 1. The van der Waals surface area contributed by atoms with Gasteiger partial charge in [0.05, 0.1) is 31.0 Å². The van der Waals surface area contributed by atoms with Crippen molar-refractivity contribution in [3.63, 3.8) is 0 Å². The third kappa shape index (κ3) is 3.34. The van der Waals surface area contributed by atoms with Crippen LogP contribution in [0.25, 0.3) is 0 Å². The van der Waals surface area contributed by atoms with Crippen LogP contribution in [0.1, 0.15) is 27.9 Å². The average molecular weight is 334 g/mol. The van der Waals surface area contributed by atoms with E-state index in [-0.39, 0.29) is 0 Å². The van der Waals surface area contributed by atoms with Crippen molar-refractivity contribution in [1.29, 1.82) is 0 Å². The Balaban J connectivity index is 1.79. The lowest BCUT2D eigenvalue weighted by atomic mass is 9.95. The van der Waals surface area contributed by atoms with Crippen molar-refractivity contribution in [1.82, 2.24) is 9.88 Å². The molecule has 3 rings (SSSR count). The third-order valence-electron chi connectivity index (χ3n) is 4.21. The summed E-state index contributed by atoms with van der Waals surface area (Å²) in [5, 5.41) is 13.8. The first kappa shape index (κ1) is 16.2. The van der Waals surface area contributed by atoms with Crippen LogP contribution < -0.4 is 9.47 Å². The van der Waals surface area contributed by atoms with Gasteiger partial charge in [-0.2, -0.15) is 0 Å². The van der Waals surface area contributed by atoms with Crippen molar-refractivity contribution in [2.45, 2.75) is 26.0 Å². The second kappa shape index (κ2) is 6.86. The summed E-state index contributed by atoms with van der Waals surface area (Å²) < 4.78 is 10.9. The molecule has 1 aromatic carbocycles. The summed E-state index contributed by atoms with van der Waals surface area (Å²) in [5.41, 5.74) is 2.98. The van der Waals surface area contributed by atoms with Crippen LogP contribution in [0.2, 0.25) is 0 Å². The topological polar surface area (TPSA) is 54.8 Å².